The Morgan fingerprint density at radius 3 is 2.67 bits per heavy atom. The molecule has 5 nitrogen and oxygen atoms in total. The third-order valence-corrected chi connectivity index (χ3v) is 3.23. The van der Waals surface area contributed by atoms with Gasteiger partial charge in [-0.05, 0) is 37.0 Å². The maximum atomic E-state index is 11.8. The minimum Gasteiger partial charge on any atom is -0.496 e. The smallest absolute Gasteiger partial charge is 0.303 e. The van der Waals surface area contributed by atoms with Gasteiger partial charge in [-0.1, -0.05) is 18.6 Å². The molecule has 5 heteroatoms. The molecule has 1 aromatic rings. The van der Waals surface area contributed by atoms with E-state index in [0.717, 1.165) is 29.7 Å². The number of carbonyl (C=O) groups excluding carboxylic acids is 1. The highest BCUT2D eigenvalue weighted by molar-refractivity contribution is 5.78. The molecule has 0 fully saturated rings. The molecule has 0 aliphatic carbocycles. The summed E-state index contributed by atoms with van der Waals surface area (Å²) in [5.41, 5.74) is 1.96. The van der Waals surface area contributed by atoms with Crippen molar-refractivity contribution in [3.8, 4) is 5.75 Å². The van der Waals surface area contributed by atoms with Gasteiger partial charge in [0, 0.05) is 13.0 Å². The van der Waals surface area contributed by atoms with Crippen LogP contribution in [0.1, 0.15) is 36.8 Å². The van der Waals surface area contributed by atoms with Crippen LogP contribution >= 0.6 is 0 Å². The monoisotopic (exact) mass is 293 g/mol. The summed E-state index contributed by atoms with van der Waals surface area (Å²) in [7, 11) is 1.61. The fourth-order valence-electron chi connectivity index (χ4n) is 2.03. The Bertz CT molecular complexity index is 485. The van der Waals surface area contributed by atoms with Crippen LogP contribution in [0, 0.1) is 6.92 Å². The van der Waals surface area contributed by atoms with E-state index >= 15 is 0 Å². The van der Waals surface area contributed by atoms with Crippen LogP contribution in [0.4, 0.5) is 0 Å². The Balaban J connectivity index is 2.26. The number of amides is 1. The molecule has 0 saturated heterocycles. The summed E-state index contributed by atoms with van der Waals surface area (Å²) in [4.78, 5) is 22.1. The van der Waals surface area contributed by atoms with Crippen molar-refractivity contribution in [1.82, 2.24) is 5.32 Å². The lowest BCUT2D eigenvalue weighted by molar-refractivity contribution is -0.137. The van der Waals surface area contributed by atoms with Crippen molar-refractivity contribution in [3.05, 3.63) is 29.3 Å². The number of carbonyl (C=O) groups is 2. The molecule has 0 saturated carbocycles. The predicted molar refractivity (Wildman–Crippen MR) is 80.5 cm³/mol. The molecule has 0 atom stereocenters. The van der Waals surface area contributed by atoms with Gasteiger partial charge in [-0.2, -0.15) is 0 Å². The van der Waals surface area contributed by atoms with Gasteiger partial charge in [0.2, 0.25) is 5.91 Å². The van der Waals surface area contributed by atoms with Crippen LogP contribution in [0.2, 0.25) is 0 Å². The van der Waals surface area contributed by atoms with Crippen molar-refractivity contribution in [2.45, 2.75) is 39.0 Å². The lowest BCUT2D eigenvalue weighted by Gasteiger charge is -2.08. The molecule has 0 radical (unpaired) electrons. The number of unbranched alkanes of at least 4 members (excludes halogenated alkanes) is 2. The van der Waals surface area contributed by atoms with Crippen molar-refractivity contribution in [2.75, 3.05) is 13.7 Å². The van der Waals surface area contributed by atoms with Gasteiger partial charge >= 0.3 is 5.97 Å². The number of aryl methyl sites for hydroxylation is 1. The summed E-state index contributed by atoms with van der Waals surface area (Å²) in [6.07, 6.45) is 2.78. The van der Waals surface area contributed by atoms with Crippen LogP contribution in [-0.2, 0) is 16.0 Å². The second-order valence-electron chi connectivity index (χ2n) is 5.04. The van der Waals surface area contributed by atoms with E-state index in [1.807, 2.05) is 25.1 Å². The highest BCUT2D eigenvalue weighted by atomic mass is 16.5. The molecule has 1 aromatic carbocycles. The lowest BCUT2D eigenvalue weighted by Crippen LogP contribution is -2.26. The van der Waals surface area contributed by atoms with E-state index < -0.39 is 5.97 Å². The van der Waals surface area contributed by atoms with Crippen molar-refractivity contribution in [3.63, 3.8) is 0 Å². The van der Waals surface area contributed by atoms with E-state index in [0.29, 0.717) is 19.4 Å². The fraction of sp³-hybridized carbons (Fsp3) is 0.500. The molecular formula is C16H23NO4. The van der Waals surface area contributed by atoms with Crippen LogP contribution < -0.4 is 10.1 Å². The Kier molecular flexibility index (Phi) is 7.29. The Morgan fingerprint density at radius 1 is 1.24 bits per heavy atom. The number of aliphatic carboxylic acids is 1. The summed E-state index contributed by atoms with van der Waals surface area (Å²) >= 11 is 0. The van der Waals surface area contributed by atoms with Gasteiger partial charge in [0.05, 0.1) is 13.5 Å². The fourth-order valence-corrected chi connectivity index (χ4v) is 2.03. The molecule has 2 N–H and O–H groups in total. The Morgan fingerprint density at radius 2 is 2.00 bits per heavy atom. The van der Waals surface area contributed by atoms with E-state index in [4.69, 9.17) is 9.84 Å². The lowest BCUT2D eigenvalue weighted by atomic mass is 10.1. The van der Waals surface area contributed by atoms with Gasteiger partial charge in [0.25, 0.3) is 0 Å². The second kappa shape index (κ2) is 9.00. The molecule has 0 heterocycles. The molecule has 0 spiro atoms. The molecular weight excluding hydrogens is 270 g/mol. The quantitative estimate of drug-likeness (QED) is 0.685. The molecule has 116 valence electrons. The molecule has 0 aromatic heterocycles. The number of hydrogen-bond acceptors (Lipinski definition) is 3. The number of hydrogen-bond donors (Lipinski definition) is 2. The van der Waals surface area contributed by atoms with E-state index in [1.54, 1.807) is 7.11 Å². The third-order valence-electron chi connectivity index (χ3n) is 3.23. The number of rotatable bonds is 9. The van der Waals surface area contributed by atoms with Crippen LogP contribution in [-0.4, -0.2) is 30.6 Å². The van der Waals surface area contributed by atoms with Crippen molar-refractivity contribution in [2.24, 2.45) is 0 Å². The molecule has 21 heavy (non-hydrogen) atoms. The van der Waals surface area contributed by atoms with Gasteiger partial charge in [0.1, 0.15) is 5.75 Å². The maximum absolute atomic E-state index is 11.8. The molecule has 0 aliphatic heterocycles. The third kappa shape index (κ3) is 6.79. The summed E-state index contributed by atoms with van der Waals surface area (Å²) in [6.45, 7) is 2.54. The van der Waals surface area contributed by atoms with Crippen molar-refractivity contribution in [1.29, 1.82) is 0 Å². The van der Waals surface area contributed by atoms with E-state index in [9.17, 15) is 9.59 Å². The average Bonchev–Trinajstić information content (AvgIpc) is 2.44. The van der Waals surface area contributed by atoms with Crippen LogP contribution in [0.5, 0.6) is 5.75 Å². The summed E-state index contributed by atoms with van der Waals surface area (Å²) < 4.78 is 5.23. The highest BCUT2D eigenvalue weighted by Gasteiger charge is 2.06. The number of nitrogens with one attached hydrogen (secondary N) is 1. The van der Waals surface area contributed by atoms with Crippen molar-refractivity contribution < 1.29 is 19.4 Å². The van der Waals surface area contributed by atoms with Crippen molar-refractivity contribution >= 4 is 11.9 Å². The summed E-state index contributed by atoms with van der Waals surface area (Å²) in [5, 5.41) is 11.3. The predicted octanol–water partition coefficient (Wildman–Crippen LogP) is 2.31. The Hall–Kier alpha value is -2.04. The zero-order chi connectivity index (χ0) is 15.7. The van der Waals surface area contributed by atoms with Crippen LogP contribution in [0.15, 0.2) is 18.2 Å². The minimum atomic E-state index is -0.771. The molecule has 0 bridgehead atoms. The molecule has 0 aliphatic rings. The first-order valence-corrected chi connectivity index (χ1v) is 7.15. The topological polar surface area (TPSA) is 75.6 Å². The second-order valence-corrected chi connectivity index (χ2v) is 5.04. The van der Waals surface area contributed by atoms with E-state index in [1.165, 1.54) is 0 Å². The van der Waals surface area contributed by atoms with Gasteiger partial charge in [-0.3, -0.25) is 9.59 Å². The highest BCUT2D eigenvalue weighted by Crippen LogP contribution is 2.19. The van der Waals surface area contributed by atoms with Gasteiger partial charge in [0.15, 0.2) is 0 Å². The maximum Gasteiger partial charge on any atom is 0.303 e. The van der Waals surface area contributed by atoms with Gasteiger partial charge < -0.3 is 15.2 Å². The van der Waals surface area contributed by atoms with Gasteiger partial charge in [-0.25, -0.2) is 0 Å². The SMILES string of the molecule is COc1cc(CC(=O)NCCCCCC(=O)O)ccc1C. The summed E-state index contributed by atoms with van der Waals surface area (Å²) in [6, 6.07) is 5.74. The molecule has 0 unspecified atom stereocenters. The first kappa shape index (κ1) is 17.0. The van der Waals surface area contributed by atoms with Crippen LogP contribution in [0.3, 0.4) is 0 Å². The molecule has 1 rings (SSSR count). The number of ether oxygens (including phenoxy) is 1. The largest absolute Gasteiger partial charge is 0.496 e. The molecule has 1 amide bonds. The van der Waals surface area contributed by atoms with E-state index in [-0.39, 0.29) is 12.3 Å². The summed E-state index contributed by atoms with van der Waals surface area (Å²) in [5.74, 6) is -0.0135. The zero-order valence-corrected chi connectivity index (χ0v) is 12.6. The number of carboxylic acids is 1. The normalized spacial score (nSPS) is 10.2. The number of benzene rings is 1. The zero-order valence-electron chi connectivity index (χ0n) is 12.6. The number of carboxylic acid groups (broad SMARTS) is 1. The minimum absolute atomic E-state index is 0.0286. The van der Waals surface area contributed by atoms with E-state index in [2.05, 4.69) is 5.32 Å². The Labute approximate surface area is 125 Å². The average molecular weight is 293 g/mol. The first-order chi connectivity index (χ1) is 10.0. The van der Waals surface area contributed by atoms with Crippen LogP contribution in [0.25, 0.3) is 0 Å². The first-order valence-electron chi connectivity index (χ1n) is 7.15. The van der Waals surface area contributed by atoms with Gasteiger partial charge in [-0.15, -0.1) is 0 Å². The standard InChI is InChI=1S/C16H23NO4/c1-12-7-8-13(10-14(12)21-2)11-15(18)17-9-5-3-4-6-16(19)20/h7-8,10H,3-6,9,11H2,1-2H3,(H,17,18)(H,19,20). The number of methoxy groups -OCH3 is 1.